The largest absolute Gasteiger partial charge is 0.341 e. The van der Waals surface area contributed by atoms with E-state index in [-0.39, 0.29) is 11.4 Å². The van der Waals surface area contributed by atoms with Crippen LogP contribution in [0.5, 0.6) is 0 Å². The van der Waals surface area contributed by atoms with Crippen molar-refractivity contribution < 1.29 is 4.79 Å². The number of hydrogen-bond donors (Lipinski definition) is 0. The molecule has 3 heteroatoms. The van der Waals surface area contributed by atoms with Crippen LogP contribution in [0, 0.1) is 5.92 Å². The minimum atomic E-state index is 0.173. The lowest BCUT2D eigenvalue weighted by Crippen LogP contribution is -2.44. The number of rotatable bonds is 3. The molecule has 2 nitrogen and oxygen atoms in total. The van der Waals surface area contributed by atoms with Crippen LogP contribution in [-0.4, -0.2) is 29.3 Å². The van der Waals surface area contributed by atoms with Gasteiger partial charge in [0.15, 0.2) is 0 Å². The van der Waals surface area contributed by atoms with Crippen molar-refractivity contribution in [2.75, 3.05) is 7.05 Å². The molecule has 0 bridgehead atoms. The van der Waals surface area contributed by atoms with E-state index in [2.05, 4.69) is 0 Å². The molecule has 15 heavy (non-hydrogen) atoms. The Morgan fingerprint density at radius 1 is 1.27 bits per heavy atom. The van der Waals surface area contributed by atoms with Gasteiger partial charge in [-0.25, -0.2) is 0 Å². The van der Waals surface area contributed by atoms with Crippen LogP contribution < -0.4 is 0 Å². The minimum absolute atomic E-state index is 0.173. The van der Waals surface area contributed by atoms with Gasteiger partial charge in [0.05, 0.1) is 5.38 Å². The predicted molar refractivity (Wildman–Crippen MR) is 62.0 cm³/mol. The van der Waals surface area contributed by atoms with Crippen LogP contribution in [0.15, 0.2) is 0 Å². The zero-order valence-electron chi connectivity index (χ0n) is 9.42. The lowest BCUT2D eigenvalue weighted by Gasteiger charge is -2.35. The Bertz CT molecular complexity index is 240. The highest BCUT2D eigenvalue weighted by Gasteiger charge is 2.32. The quantitative estimate of drug-likeness (QED) is 0.682. The number of carbonyl (C=O) groups is 1. The summed E-state index contributed by atoms with van der Waals surface area (Å²) in [7, 11) is 1.93. The second-order valence-corrected chi connectivity index (χ2v) is 5.58. The maximum Gasteiger partial charge on any atom is 0.222 e. The van der Waals surface area contributed by atoms with Crippen molar-refractivity contribution in [2.45, 2.75) is 56.4 Å². The third-order valence-electron chi connectivity index (χ3n) is 3.70. The average Bonchev–Trinajstić information content (AvgIpc) is 3.01. The van der Waals surface area contributed by atoms with Crippen LogP contribution in [0.1, 0.15) is 44.9 Å². The lowest BCUT2D eigenvalue weighted by molar-refractivity contribution is -0.132. The third kappa shape index (κ3) is 2.87. The first-order valence-electron chi connectivity index (χ1n) is 6.08. The second kappa shape index (κ2) is 4.73. The molecule has 0 aliphatic heterocycles. The number of carbonyl (C=O) groups excluding carboxylic acids is 1. The molecule has 0 aromatic heterocycles. The number of hydrogen-bond acceptors (Lipinski definition) is 1. The van der Waals surface area contributed by atoms with Gasteiger partial charge in [0.25, 0.3) is 0 Å². The van der Waals surface area contributed by atoms with E-state index >= 15 is 0 Å². The Kier molecular flexibility index (Phi) is 3.55. The maximum atomic E-state index is 11.9. The SMILES string of the molecule is CN(C(=O)CC1CC1)C1CCCCC1Cl. The number of nitrogens with zero attached hydrogens (tertiary/aromatic N) is 1. The van der Waals surface area contributed by atoms with Crippen molar-refractivity contribution in [1.82, 2.24) is 4.90 Å². The van der Waals surface area contributed by atoms with E-state index in [1.165, 1.54) is 25.7 Å². The molecule has 0 radical (unpaired) electrons. The molecule has 0 spiro atoms. The number of alkyl halides is 1. The van der Waals surface area contributed by atoms with Gasteiger partial charge in [-0.3, -0.25) is 4.79 Å². The molecular weight excluding hydrogens is 210 g/mol. The van der Waals surface area contributed by atoms with Crippen molar-refractivity contribution in [3.05, 3.63) is 0 Å². The van der Waals surface area contributed by atoms with Gasteiger partial charge in [-0.15, -0.1) is 11.6 Å². The molecule has 2 fully saturated rings. The monoisotopic (exact) mass is 229 g/mol. The fraction of sp³-hybridized carbons (Fsp3) is 0.917. The first-order chi connectivity index (χ1) is 7.18. The summed E-state index contributed by atoms with van der Waals surface area (Å²) >= 11 is 6.28. The average molecular weight is 230 g/mol. The molecule has 0 N–H and O–H groups in total. The standard InChI is InChI=1S/C12H20ClNO/c1-14(12(15)8-9-6-7-9)11-5-3-2-4-10(11)13/h9-11H,2-8H2,1H3. The van der Waals surface area contributed by atoms with Crippen LogP contribution in [-0.2, 0) is 4.79 Å². The highest BCUT2D eigenvalue weighted by molar-refractivity contribution is 6.21. The fourth-order valence-corrected chi connectivity index (χ4v) is 2.85. The van der Waals surface area contributed by atoms with Crippen molar-refractivity contribution in [3.63, 3.8) is 0 Å². The summed E-state index contributed by atoms with van der Waals surface area (Å²) in [6, 6.07) is 0.284. The molecular formula is C12H20ClNO. The molecule has 0 heterocycles. The number of halogens is 1. The van der Waals surface area contributed by atoms with Gasteiger partial charge in [-0.05, 0) is 31.6 Å². The normalized spacial score (nSPS) is 31.3. The van der Waals surface area contributed by atoms with Gasteiger partial charge in [-0.1, -0.05) is 12.8 Å². The van der Waals surface area contributed by atoms with Crippen molar-refractivity contribution in [2.24, 2.45) is 5.92 Å². The van der Waals surface area contributed by atoms with E-state index in [4.69, 9.17) is 11.6 Å². The highest BCUT2D eigenvalue weighted by atomic mass is 35.5. The molecule has 86 valence electrons. The Morgan fingerprint density at radius 2 is 1.93 bits per heavy atom. The summed E-state index contributed by atoms with van der Waals surface area (Å²) in [6.07, 6.45) is 7.82. The van der Waals surface area contributed by atoms with Gasteiger partial charge in [0, 0.05) is 19.5 Å². The highest BCUT2D eigenvalue weighted by Crippen LogP contribution is 2.34. The van der Waals surface area contributed by atoms with Gasteiger partial charge < -0.3 is 4.90 Å². The lowest BCUT2D eigenvalue weighted by atomic mass is 9.93. The Hall–Kier alpha value is -0.240. The zero-order chi connectivity index (χ0) is 10.8. The van der Waals surface area contributed by atoms with E-state index < -0.39 is 0 Å². The predicted octanol–water partition coefficient (Wildman–Crippen LogP) is 2.79. The summed E-state index contributed by atoms with van der Waals surface area (Å²) in [5.41, 5.74) is 0. The molecule has 0 aromatic rings. The minimum Gasteiger partial charge on any atom is -0.341 e. The summed E-state index contributed by atoms with van der Waals surface area (Å²) < 4.78 is 0. The maximum absolute atomic E-state index is 11.9. The van der Waals surface area contributed by atoms with Gasteiger partial charge >= 0.3 is 0 Å². The van der Waals surface area contributed by atoms with E-state index in [0.717, 1.165) is 19.3 Å². The molecule has 2 unspecified atom stereocenters. The van der Waals surface area contributed by atoms with E-state index in [1.807, 2.05) is 11.9 Å². The summed E-state index contributed by atoms with van der Waals surface area (Å²) in [4.78, 5) is 13.8. The van der Waals surface area contributed by atoms with E-state index in [1.54, 1.807) is 0 Å². The molecule has 2 rings (SSSR count). The van der Waals surface area contributed by atoms with Crippen LogP contribution >= 0.6 is 11.6 Å². The molecule has 0 saturated heterocycles. The summed E-state index contributed by atoms with van der Waals surface area (Å²) in [5, 5.41) is 0.173. The molecule has 0 aromatic carbocycles. The van der Waals surface area contributed by atoms with Gasteiger partial charge in [-0.2, -0.15) is 0 Å². The zero-order valence-corrected chi connectivity index (χ0v) is 10.2. The molecule has 2 saturated carbocycles. The summed E-state index contributed by atoms with van der Waals surface area (Å²) in [5.74, 6) is 0.979. The molecule has 2 aliphatic rings. The van der Waals surface area contributed by atoms with Crippen LogP contribution in [0.25, 0.3) is 0 Å². The van der Waals surface area contributed by atoms with Crippen LogP contribution in [0.4, 0.5) is 0 Å². The Labute approximate surface area is 97.0 Å². The third-order valence-corrected chi connectivity index (χ3v) is 4.21. The van der Waals surface area contributed by atoms with Crippen molar-refractivity contribution >= 4 is 17.5 Å². The smallest absolute Gasteiger partial charge is 0.222 e. The summed E-state index contributed by atoms with van der Waals surface area (Å²) in [6.45, 7) is 0. The second-order valence-electron chi connectivity index (χ2n) is 5.02. The van der Waals surface area contributed by atoms with E-state index in [0.29, 0.717) is 11.8 Å². The van der Waals surface area contributed by atoms with Crippen molar-refractivity contribution in [3.8, 4) is 0 Å². The Morgan fingerprint density at radius 3 is 2.53 bits per heavy atom. The fourth-order valence-electron chi connectivity index (χ4n) is 2.40. The van der Waals surface area contributed by atoms with Gasteiger partial charge in [0.1, 0.15) is 0 Å². The first-order valence-corrected chi connectivity index (χ1v) is 6.52. The van der Waals surface area contributed by atoms with Crippen LogP contribution in [0.3, 0.4) is 0 Å². The van der Waals surface area contributed by atoms with Crippen LogP contribution in [0.2, 0.25) is 0 Å². The number of amides is 1. The molecule has 1 amide bonds. The Balaban J connectivity index is 1.86. The molecule has 2 aliphatic carbocycles. The van der Waals surface area contributed by atoms with Crippen molar-refractivity contribution in [1.29, 1.82) is 0 Å². The molecule has 2 atom stereocenters. The van der Waals surface area contributed by atoms with Gasteiger partial charge in [0.2, 0.25) is 5.91 Å². The first kappa shape index (κ1) is 11.3. The topological polar surface area (TPSA) is 20.3 Å². The van der Waals surface area contributed by atoms with E-state index in [9.17, 15) is 4.79 Å².